The molecule has 4 rings (SSSR count). The zero-order valence-corrected chi connectivity index (χ0v) is 13.7. The molecule has 2 amide bonds. The van der Waals surface area contributed by atoms with Crippen LogP contribution in [0.5, 0.6) is 0 Å². The van der Waals surface area contributed by atoms with Crippen LogP contribution in [0.3, 0.4) is 0 Å². The van der Waals surface area contributed by atoms with Crippen molar-refractivity contribution >= 4 is 6.03 Å². The van der Waals surface area contributed by atoms with E-state index in [4.69, 9.17) is 0 Å². The molecule has 1 aromatic heterocycles. The highest BCUT2D eigenvalue weighted by atomic mass is 16.3. The number of carbonyl (C=O) groups is 1. The molecule has 6 heteroatoms. The Bertz CT molecular complexity index is 770. The van der Waals surface area contributed by atoms with Crippen molar-refractivity contribution in [1.82, 2.24) is 20.4 Å². The van der Waals surface area contributed by atoms with E-state index in [0.717, 1.165) is 36.0 Å². The third-order valence-corrected chi connectivity index (χ3v) is 5.17. The smallest absolute Gasteiger partial charge is 0.315 e. The van der Waals surface area contributed by atoms with Gasteiger partial charge in [0.15, 0.2) is 0 Å². The number of aliphatic hydroxyl groups excluding tert-OH is 1. The first kappa shape index (κ1) is 15.2. The van der Waals surface area contributed by atoms with E-state index in [1.807, 2.05) is 42.2 Å². The van der Waals surface area contributed by atoms with Gasteiger partial charge in [0.25, 0.3) is 0 Å². The van der Waals surface area contributed by atoms with Crippen molar-refractivity contribution in [2.75, 3.05) is 0 Å². The monoisotopic (exact) mass is 326 g/mol. The number of aromatic nitrogens is 2. The molecule has 0 spiro atoms. The third-order valence-electron chi connectivity index (χ3n) is 5.17. The van der Waals surface area contributed by atoms with Gasteiger partial charge in [0, 0.05) is 24.7 Å². The molecular weight excluding hydrogens is 304 g/mol. The second-order valence-electron chi connectivity index (χ2n) is 6.68. The molecule has 0 radical (unpaired) electrons. The molecule has 0 saturated carbocycles. The van der Waals surface area contributed by atoms with Gasteiger partial charge in [-0.15, -0.1) is 0 Å². The number of rotatable bonds is 2. The lowest BCUT2D eigenvalue weighted by molar-refractivity contribution is 0.141. The predicted octanol–water partition coefficient (Wildman–Crippen LogP) is 1.75. The lowest BCUT2D eigenvalue weighted by Gasteiger charge is -2.25. The van der Waals surface area contributed by atoms with E-state index in [0.29, 0.717) is 6.42 Å². The van der Waals surface area contributed by atoms with Gasteiger partial charge in [0.1, 0.15) is 0 Å². The summed E-state index contributed by atoms with van der Waals surface area (Å²) in [4.78, 5) is 12.5. The minimum atomic E-state index is -0.576. The molecule has 2 aliphatic rings. The summed E-state index contributed by atoms with van der Waals surface area (Å²) in [5.41, 5.74) is 4.40. The Balaban J connectivity index is 1.47. The third kappa shape index (κ3) is 2.57. The van der Waals surface area contributed by atoms with Gasteiger partial charge < -0.3 is 15.7 Å². The van der Waals surface area contributed by atoms with Crippen molar-refractivity contribution in [3.05, 3.63) is 52.8 Å². The van der Waals surface area contributed by atoms with E-state index in [1.165, 1.54) is 5.69 Å². The van der Waals surface area contributed by atoms with E-state index in [9.17, 15) is 9.90 Å². The second-order valence-corrected chi connectivity index (χ2v) is 6.68. The number of benzene rings is 1. The van der Waals surface area contributed by atoms with Gasteiger partial charge in [0.2, 0.25) is 0 Å². The van der Waals surface area contributed by atoms with Crippen LogP contribution >= 0.6 is 0 Å². The molecule has 3 atom stereocenters. The number of aliphatic hydroxyl groups is 1. The van der Waals surface area contributed by atoms with Crippen LogP contribution in [0.25, 0.3) is 0 Å². The minimum Gasteiger partial charge on any atom is -0.390 e. The van der Waals surface area contributed by atoms with Crippen molar-refractivity contribution < 1.29 is 9.90 Å². The van der Waals surface area contributed by atoms with Crippen LogP contribution in [0.1, 0.15) is 47.3 Å². The number of hydrogen-bond donors (Lipinski definition) is 3. The topological polar surface area (TPSA) is 79.2 Å². The maximum Gasteiger partial charge on any atom is 0.315 e. The maximum atomic E-state index is 12.5. The van der Waals surface area contributed by atoms with Gasteiger partial charge >= 0.3 is 6.03 Å². The average Bonchev–Trinajstić information content (AvgIpc) is 3.10. The van der Waals surface area contributed by atoms with Crippen LogP contribution in [0.4, 0.5) is 4.79 Å². The van der Waals surface area contributed by atoms with Gasteiger partial charge in [-0.05, 0) is 30.4 Å². The molecule has 24 heavy (non-hydrogen) atoms. The van der Waals surface area contributed by atoms with Crippen molar-refractivity contribution in [2.45, 2.75) is 43.9 Å². The summed E-state index contributed by atoms with van der Waals surface area (Å²) >= 11 is 0. The highest BCUT2D eigenvalue weighted by Crippen LogP contribution is 2.32. The summed E-state index contributed by atoms with van der Waals surface area (Å²) in [6.45, 7) is 0. The highest BCUT2D eigenvalue weighted by molar-refractivity contribution is 5.75. The molecule has 0 saturated heterocycles. The Kier molecular flexibility index (Phi) is 3.76. The summed E-state index contributed by atoms with van der Waals surface area (Å²) in [5, 5.41) is 20.6. The standard InChI is InChI=1S/C18H22N4O2/c1-22-15-8-4-7-14(13(15)10-19-22)20-18(24)21-17-12-6-3-2-5-11(12)9-16(17)23/h2-3,5-6,10,14,16-17,23H,4,7-9H2,1H3,(H2,20,21,24)/t14?,16-,17+/m1/s1. The molecule has 1 heterocycles. The molecule has 1 unspecified atom stereocenters. The highest BCUT2D eigenvalue weighted by Gasteiger charge is 2.33. The van der Waals surface area contributed by atoms with Gasteiger partial charge in [-0.1, -0.05) is 24.3 Å². The van der Waals surface area contributed by atoms with Crippen LogP contribution in [0.2, 0.25) is 0 Å². The summed E-state index contributed by atoms with van der Waals surface area (Å²) in [6, 6.07) is 7.26. The number of nitrogens with one attached hydrogen (secondary N) is 2. The number of urea groups is 1. The largest absolute Gasteiger partial charge is 0.390 e. The molecule has 0 aliphatic heterocycles. The fourth-order valence-corrected chi connectivity index (χ4v) is 3.95. The molecule has 126 valence electrons. The van der Waals surface area contributed by atoms with Crippen molar-refractivity contribution in [1.29, 1.82) is 0 Å². The van der Waals surface area contributed by atoms with Gasteiger partial charge in [-0.2, -0.15) is 5.10 Å². The molecular formula is C18H22N4O2. The van der Waals surface area contributed by atoms with E-state index < -0.39 is 6.10 Å². The number of hydrogen-bond acceptors (Lipinski definition) is 3. The molecule has 2 aromatic rings. The van der Waals surface area contributed by atoms with Crippen molar-refractivity contribution in [3.63, 3.8) is 0 Å². The molecule has 2 aliphatic carbocycles. The second kappa shape index (κ2) is 5.94. The van der Waals surface area contributed by atoms with Crippen LogP contribution in [0, 0.1) is 0 Å². The predicted molar refractivity (Wildman–Crippen MR) is 89.4 cm³/mol. The molecule has 0 bridgehead atoms. The van der Waals surface area contributed by atoms with E-state index in [-0.39, 0.29) is 18.1 Å². The molecule has 3 N–H and O–H groups in total. The normalized spacial score (nSPS) is 25.0. The zero-order valence-electron chi connectivity index (χ0n) is 13.7. The molecule has 0 fully saturated rings. The van der Waals surface area contributed by atoms with Crippen LogP contribution < -0.4 is 10.6 Å². The van der Waals surface area contributed by atoms with Gasteiger partial charge in [-0.25, -0.2) is 4.79 Å². The fourth-order valence-electron chi connectivity index (χ4n) is 3.95. The first-order valence-electron chi connectivity index (χ1n) is 8.47. The lowest BCUT2D eigenvalue weighted by Crippen LogP contribution is -2.43. The maximum absolute atomic E-state index is 12.5. The SMILES string of the molecule is Cn1ncc2c1CCCC2NC(=O)N[C@H]1c2ccccc2C[C@H]1O. The number of nitrogens with zero attached hydrogens (tertiary/aromatic N) is 2. The number of carbonyl (C=O) groups excluding carboxylic acids is 1. The van der Waals surface area contributed by atoms with E-state index >= 15 is 0 Å². The van der Waals surface area contributed by atoms with E-state index in [1.54, 1.807) is 0 Å². The summed E-state index contributed by atoms with van der Waals surface area (Å²) < 4.78 is 1.89. The Labute approximate surface area is 140 Å². The van der Waals surface area contributed by atoms with Gasteiger partial charge in [-0.3, -0.25) is 4.68 Å². The molecule has 6 nitrogen and oxygen atoms in total. The Morgan fingerprint density at radius 3 is 3.00 bits per heavy atom. The Morgan fingerprint density at radius 2 is 2.12 bits per heavy atom. The summed E-state index contributed by atoms with van der Waals surface area (Å²) in [7, 11) is 1.94. The number of aryl methyl sites for hydroxylation is 1. The summed E-state index contributed by atoms with van der Waals surface area (Å²) in [6.07, 6.45) is 4.80. The Hall–Kier alpha value is -2.34. The fraction of sp³-hybridized carbons (Fsp3) is 0.444. The molecule has 1 aromatic carbocycles. The van der Waals surface area contributed by atoms with E-state index in [2.05, 4.69) is 15.7 Å². The first-order chi connectivity index (χ1) is 11.6. The lowest BCUT2D eigenvalue weighted by atomic mass is 9.93. The van der Waals surface area contributed by atoms with Crippen molar-refractivity contribution in [2.24, 2.45) is 7.05 Å². The van der Waals surface area contributed by atoms with Crippen LogP contribution in [-0.4, -0.2) is 27.0 Å². The zero-order chi connectivity index (χ0) is 16.7. The van der Waals surface area contributed by atoms with Crippen molar-refractivity contribution in [3.8, 4) is 0 Å². The van der Waals surface area contributed by atoms with Gasteiger partial charge in [0.05, 0.1) is 24.4 Å². The Morgan fingerprint density at radius 1 is 1.29 bits per heavy atom. The quantitative estimate of drug-likeness (QED) is 0.787. The van der Waals surface area contributed by atoms with Crippen LogP contribution in [-0.2, 0) is 19.9 Å². The first-order valence-corrected chi connectivity index (χ1v) is 8.47. The number of fused-ring (bicyclic) bond motifs is 2. The number of amides is 2. The average molecular weight is 326 g/mol. The minimum absolute atomic E-state index is 0.0174. The summed E-state index contributed by atoms with van der Waals surface area (Å²) in [5.74, 6) is 0. The van der Waals surface area contributed by atoms with Crippen LogP contribution in [0.15, 0.2) is 30.5 Å².